The SMILES string of the molecule is CC1CC(C)(C)CCC1(O)CN. The first kappa shape index (κ1) is 10.0. The molecule has 3 N–H and O–H groups in total. The van der Waals surface area contributed by atoms with Crippen molar-refractivity contribution in [3.05, 3.63) is 0 Å². The summed E-state index contributed by atoms with van der Waals surface area (Å²) < 4.78 is 0. The van der Waals surface area contributed by atoms with E-state index in [-0.39, 0.29) is 0 Å². The Hall–Kier alpha value is -0.0800. The summed E-state index contributed by atoms with van der Waals surface area (Å²) in [5, 5.41) is 10.1. The van der Waals surface area contributed by atoms with Gasteiger partial charge in [-0.2, -0.15) is 0 Å². The van der Waals surface area contributed by atoms with E-state index in [1.165, 1.54) is 0 Å². The maximum absolute atomic E-state index is 10.1. The van der Waals surface area contributed by atoms with Crippen LogP contribution in [-0.4, -0.2) is 17.3 Å². The lowest BCUT2D eigenvalue weighted by atomic mass is 9.65. The summed E-state index contributed by atoms with van der Waals surface area (Å²) in [6, 6.07) is 0. The summed E-state index contributed by atoms with van der Waals surface area (Å²) >= 11 is 0. The van der Waals surface area contributed by atoms with Gasteiger partial charge in [-0.3, -0.25) is 0 Å². The minimum absolute atomic E-state index is 0.339. The summed E-state index contributed by atoms with van der Waals surface area (Å²) in [4.78, 5) is 0. The summed E-state index contributed by atoms with van der Waals surface area (Å²) in [5.74, 6) is 0.339. The molecule has 1 saturated carbocycles. The Labute approximate surface area is 75.2 Å². The zero-order valence-electron chi connectivity index (χ0n) is 8.43. The van der Waals surface area contributed by atoms with Crippen molar-refractivity contribution in [2.45, 2.75) is 45.6 Å². The third-order valence-electron chi connectivity index (χ3n) is 3.36. The summed E-state index contributed by atoms with van der Waals surface area (Å²) in [6.45, 7) is 7.04. The van der Waals surface area contributed by atoms with E-state index in [0.717, 1.165) is 19.3 Å². The number of aliphatic hydroxyl groups is 1. The quantitative estimate of drug-likeness (QED) is 0.628. The molecule has 0 bridgehead atoms. The molecular formula is C10H21NO. The highest BCUT2D eigenvalue weighted by Crippen LogP contribution is 2.43. The molecule has 0 spiro atoms. The molecule has 0 aromatic rings. The van der Waals surface area contributed by atoms with Crippen molar-refractivity contribution in [3.8, 4) is 0 Å². The van der Waals surface area contributed by atoms with E-state index in [2.05, 4.69) is 20.8 Å². The molecule has 12 heavy (non-hydrogen) atoms. The van der Waals surface area contributed by atoms with Crippen molar-refractivity contribution in [2.24, 2.45) is 17.1 Å². The fraction of sp³-hybridized carbons (Fsp3) is 1.00. The zero-order chi connectivity index (χ0) is 9.41. The van der Waals surface area contributed by atoms with Crippen molar-refractivity contribution in [2.75, 3.05) is 6.54 Å². The van der Waals surface area contributed by atoms with Crippen molar-refractivity contribution in [1.82, 2.24) is 0 Å². The van der Waals surface area contributed by atoms with Gasteiger partial charge in [-0.15, -0.1) is 0 Å². The first-order valence-electron chi connectivity index (χ1n) is 4.82. The van der Waals surface area contributed by atoms with Crippen molar-refractivity contribution < 1.29 is 5.11 Å². The highest BCUT2D eigenvalue weighted by Gasteiger charge is 2.41. The minimum Gasteiger partial charge on any atom is -0.388 e. The van der Waals surface area contributed by atoms with Crippen LogP contribution in [-0.2, 0) is 0 Å². The molecule has 2 atom stereocenters. The predicted octanol–water partition coefficient (Wildman–Crippen LogP) is 1.52. The lowest BCUT2D eigenvalue weighted by molar-refractivity contribution is -0.0634. The third-order valence-corrected chi connectivity index (χ3v) is 3.36. The number of hydrogen-bond donors (Lipinski definition) is 2. The molecule has 1 fully saturated rings. The minimum atomic E-state index is -0.588. The standard InChI is InChI=1S/C10H21NO/c1-8-6-9(2,3)4-5-10(8,12)7-11/h8,12H,4-7,11H2,1-3H3. The molecule has 0 aliphatic heterocycles. The van der Waals surface area contributed by atoms with Gasteiger partial charge >= 0.3 is 0 Å². The molecule has 0 aromatic carbocycles. The molecule has 1 rings (SSSR count). The third kappa shape index (κ3) is 1.80. The zero-order valence-corrected chi connectivity index (χ0v) is 8.43. The Morgan fingerprint density at radius 2 is 2.00 bits per heavy atom. The largest absolute Gasteiger partial charge is 0.388 e. The Bertz CT molecular complexity index is 167. The molecule has 0 amide bonds. The molecule has 0 saturated heterocycles. The van der Waals surface area contributed by atoms with Gasteiger partial charge in [0.1, 0.15) is 0 Å². The van der Waals surface area contributed by atoms with Crippen molar-refractivity contribution >= 4 is 0 Å². The maximum atomic E-state index is 10.1. The predicted molar refractivity (Wildman–Crippen MR) is 50.8 cm³/mol. The number of rotatable bonds is 1. The van der Waals surface area contributed by atoms with Crippen molar-refractivity contribution in [1.29, 1.82) is 0 Å². The molecule has 0 aromatic heterocycles. The van der Waals surface area contributed by atoms with E-state index in [1.54, 1.807) is 0 Å². The average molecular weight is 171 g/mol. The van der Waals surface area contributed by atoms with Gasteiger partial charge in [-0.25, -0.2) is 0 Å². The van der Waals surface area contributed by atoms with Gasteiger partial charge in [0.2, 0.25) is 0 Å². The highest BCUT2D eigenvalue weighted by atomic mass is 16.3. The van der Waals surface area contributed by atoms with Crippen LogP contribution < -0.4 is 5.73 Å². The Kier molecular flexibility index (Phi) is 2.50. The normalized spacial score (nSPS) is 41.2. The number of hydrogen-bond acceptors (Lipinski definition) is 2. The Morgan fingerprint density at radius 3 is 2.42 bits per heavy atom. The van der Waals surface area contributed by atoms with Crippen LogP contribution in [0.2, 0.25) is 0 Å². The lowest BCUT2D eigenvalue weighted by Gasteiger charge is -2.44. The van der Waals surface area contributed by atoms with Crippen LogP contribution in [0.25, 0.3) is 0 Å². The van der Waals surface area contributed by atoms with Gasteiger partial charge in [-0.1, -0.05) is 20.8 Å². The molecule has 2 heteroatoms. The smallest absolute Gasteiger partial charge is 0.0795 e. The topological polar surface area (TPSA) is 46.2 Å². The van der Waals surface area contributed by atoms with Crippen LogP contribution in [0.15, 0.2) is 0 Å². The molecule has 1 aliphatic rings. The summed E-state index contributed by atoms with van der Waals surface area (Å²) in [6.07, 6.45) is 3.03. The number of nitrogens with two attached hydrogens (primary N) is 1. The maximum Gasteiger partial charge on any atom is 0.0795 e. The molecule has 2 unspecified atom stereocenters. The van der Waals surface area contributed by atoms with E-state index in [1.807, 2.05) is 0 Å². The second-order valence-electron chi connectivity index (χ2n) is 5.08. The fourth-order valence-electron chi connectivity index (χ4n) is 2.23. The molecule has 0 radical (unpaired) electrons. The fourth-order valence-corrected chi connectivity index (χ4v) is 2.23. The summed E-state index contributed by atoms with van der Waals surface area (Å²) in [7, 11) is 0. The van der Waals surface area contributed by atoms with E-state index in [4.69, 9.17) is 5.73 Å². The van der Waals surface area contributed by atoms with Gasteiger partial charge in [0.25, 0.3) is 0 Å². The molecule has 72 valence electrons. The highest BCUT2D eigenvalue weighted by molar-refractivity contribution is 4.94. The Morgan fingerprint density at radius 1 is 1.42 bits per heavy atom. The first-order chi connectivity index (χ1) is 5.40. The van der Waals surface area contributed by atoms with Crippen LogP contribution in [0.3, 0.4) is 0 Å². The average Bonchev–Trinajstić information content (AvgIpc) is 1.97. The monoisotopic (exact) mass is 171 g/mol. The van der Waals surface area contributed by atoms with Gasteiger partial charge in [0, 0.05) is 6.54 Å². The van der Waals surface area contributed by atoms with Crippen LogP contribution in [0, 0.1) is 11.3 Å². The molecule has 1 aliphatic carbocycles. The van der Waals surface area contributed by atoms with Crippen LogP contribution >= 0.6 is 0 Å². The first-order valence-corrected chi connectivity index (χ1v) is 4.82. The van der Waals surface area contributed by atoms with Gasteiger partial charge in [-0.05, 0) is 30.6 Å². The van der Waals surface area contributed by atoms with E-state index in [0.29, 0.717) is 17.9 Å². The van der Waals surface area contributed by atoms with Gasteiger partial charge in [0.15, 0.2) is 0 Å². The molecule has 0 heterocycles. The Balaban J connectivity index is 2.65. The van der Waals surface area contributed by atoms with Crippen LogP contribution in [0.5, 0.6) is 0 Å². The summed E-state index contributed by atoms with van der Waals surface area (Å²) in [5.41, 5.74) is 5.37. The van der Waals surface area contributed by atoms with Crippen LogP contribution in [0.1, 0.15) is 40.0 Å². The van der Waals surface area contributed by atoms with Gasteiger partial charge < -0.3 is 10.8 Å². The second kappa shape index (κ2) is 3.00. The second-order valence-corrected chi connectivity index (χ2v) is 5.08. The van der Waals surface area contributed by atoms with E-state index < -0.39 is 5.60 Å². The molecule has 2 nitrogen and oxygen atoms in total. The van der Waals surface area contributed by atoms with Crippen LogP contribution in [0.4, 0.5) is 0 Å². The van der Waals surface area contributed by atoms with E-state index in [9.17, 15) is 5.11 Å². The van der Waals surface area contributed by atoms with E-state index >= 15 is 0 Å². The van der Waals surface area contributed by atoms with Gasteiger partial charge in [0.05, 0.1) is 5.60 Å². The molecular weight excluding hydrogens is 150 g/mol. The van der Waals surface area contributed by atoms with Crippen molar-refractivity contribution in [3.63, 3.8) is 0 Å². The lowest BCUT2D eigenvalue weighted by Crippen LogP contribution is -2.49.